The quantitative estimate of drug-likeness (QED) is 0.504. The summed E-state index contributed by atoms with van der Waals surface area (Å²) in [5.74, 6) is -0.208. The molecule has 4 nitrogen and oxygen atoms in total. The van der Waals surface area contributed by atoms with E-state index in [-0.39, 0.29) is 0 Å². The van der Waals surface area contributed by atoms with E-state index in [1.807, 2.05) is 0 Å². The highest BCUT2D eigenvalue weighted by atomic mass is 16.5. The van der Waals surface area contributed by atoms with Crippen molar-refractivity contribution in [2.75, 3.05) is 26.3 Å². The number of carbonyl (C=O) groups is 1. The maximum Gasteiger partial charge on any atom is 0.328 e. The molecular weight excluding hydrogens is 182 g/mol. The molecule has 1 heterocycles. The summed E-state index contributed by atoms with van der Waals surface area (Å²) in [6, 6.07) is 0. The minimum absolute atomic E-state index is 0.629. The predicted molar refractivity (Wildman–Crippen MR) is 53.2 cm³/mol. The first kappa shape index (κ1) is 11.2. The molecule has 0 aromatic heterocycles. The molecule has 0 saturated carbocycles. The Morgan fingerprint density at radius 2 is 2.21 bits per heavy atom. The smallest absolute Gasteiger partial charge is 0.328 e. The number of carboxylic acid groups (broad SMARTS) is 1. The van der Waals surface area contributed by atoms with Gasteiger partial charge in [-0.3, -0.25) is 0 Å². The van der Waals surface area contributed by atoms with Gasteiger partial charge in [0.05, 0.1) is 0 Å². The Morgan fingerprint density at radius 1 is 1.50 bits per heavy atom. The third kappa shape index (κ3) is 4.99. The Bertz CT molecular complexity index is 198. The summed E-state index contributed by atoms with van der Waals surface area (Å²) in [5, 5.41) is 11.5. The van der Waals surface area contributed by atoms with E-state index in [2.05, 4.69) is 5.32 Å². The van der Waals surface area contributed by atoms with Crippen LogP contribution in [0.5, 0.6) is 0 Å². The van der Waals surface area contributed by atoms with Crippen LogP contribution in [0.3, 0.4) is 0 Å². The molecule has 0 unspecified atom stereocenters. The Balaban J connectivity index is 2.00. The number of hydrogen-bond donors (Lipinski definition) is 2. The first-order valence-corrected chi connectivity index (χ1v) is 4.97. The van der Waals surface area contributed by atoms with Crippen molar-refractivity contribution in [1.29, 1.82) is 0 Å². The fourth-order valence-electron chi connectivity index (χ4n) is 1.48. The second-order valence-corrected chi connectivity index (χ2v) is 3.45. The van der Waals surface area contributed by atoms with Crippen molar-refractivity contribution < 1.29 is 14.6 Å². The molecule has 0 amide bonds. The van der Waals surface area contributed by atoms with Crippen LogP contribution in [0.15, 0.2) is 12.2 Å². The molecule has 0 spiro atoms. The third-order valence-electron chi connectivity index (χ3n) is 2.30. The fourth-order valence-corrected chi connectivity index (χ4v) is 1.48. The zero-order valence-electron chi connectivity index (χ0n) is 8.24. The van der Waals surface area contributed by atoms with Gasteiger partial charge in [-0.2, -0.15) is 0 Å². The van der Waals surface area contributed by atoms with Crippen LogP contribution < -0.4 is 5.32 Å². The van der Waals surface area contributed by atoms with Crippen LogP contribution in [0.25, 0.3) is 0 Å². The van der Waals surface area contributed by atoms with E-state index < -0.39 is 5.97 Å². The van der Waals surface area contributed by atoms with Gasteiger partial charge in [0.1, 0.15) is 0 Å². The van der Waals surface area contributed by atoms with Gasteiger partial charge < -0.3 is 15.2 Å². The molecule has 1 rings (SSSR count). The lowest BCUT2D eigenvalue weighted by atomic mass is 10.0. The summed E-state index contributed by atoms with van der Waals surface area (Å²) in [5.41, 5.74) is 0. The lowest BCUT2D eigenvalue weighted by Crippen LogP contribution is -2.27. The van der Waals surface area contributed by atoms with Crippen molar-refractivity contribution in [2.24, 2.45) is 5.92 Å². The second kappa shape index (κ2) is 6.56. The zero-order chi connectivity index (χ0) is 10.2. The molecule has 0 aromatic carbocycles. The zero-order valence-corrected chi connectivity index (χ0v) is 8.24. The highest BCUT2D eigenvalue weighted by molar-refractivity contribution is 5.79. The topological polar surface area (TPSA) is 58.6 Å². The highest BCUT2D eigenvalue weighted by Gasteiger charge is 2.12. The summed E-state index contributed by atoms with van der Waals surface area (Å²) in [4.78, 5) is 10.1. The van der Waals surface area contributed by atoms with Crippen molar-refractivity contribution in [2.45, 2.75) is 12.8 Å². The van der Waals surface area contributed by atoms with Crippen LogP contribution >= 0.6 is 0 Å². The molecule has 1 fully saturated rings. The van der Waals surface area contributed by atoms with Crippen LogP contribution in [0, 0.1) is 5.92 Å². The predicted octanol–water partition coefficient (Wildman–Crippen LogP) is 0.643. The largest absolute Gasteiger partial charge is 0.478 e. The van der Waals surface area contributed by atoms with E-state index in [9.17, 15) is 4.79 Å². The third-order valence-corrected chi connectivity index (χ3v) is 2.30. The molecule has 1 saturated heterocycles. The molecule has 1 aliphatic heterocycles. The van der Waals surface area contributed by atoms with E-state index in [1.165, 1.54) is 0 Å². The molecule has 4 heteroatoms. The lowest BCUT2D eigenvalue weighted by Gasteiger charge is -2.21. The minimum Gasteiger partial charge on any atom is -0.478 e. The van der Waals surface area contributed by atoms with Crippen molar-refractivity contribution in [1.82, 2.24) is 5.32 Å². The Kier molecular flexibility index (Phi) is 5.25. The standard InChI is InChI=1S/C10H17NO3/c12-10(13)2-1-5-11-8-9-3-6-14-7-4-9/h1-2,9,11H,3-8H2,(H,12,13)/b2-1+. The number of nitrogens with one attached hydrogen (secondary N) is 1. The average Bonchev–Trinajstić information content (AvgIpc) is 2.18. The normalized spacial score (nSPS) is 18.9. The van der Waals surface area contributed by atoms with Gasteiger partial charge in [-0.05, 0) is 25.3 Å². The molecular formula is C10H17NO3. The Morgan fingerprint density at radius 3 is 2.86 bits per heavy atom. The van der Waals surface area contributed by atoms with Crippen LogP contribution in [0.2, 0.25) is 0 Å². The van der Waals surface area contributed by atoms with Gasteiger partial charge in [0.15, 0.2) is 0 Å². The monoisotopic (exact) mass is 199 g/mol. The van der Waals surface area contributed by atoms with E-state index in [0.717, 1.165) is 38.7 Å². The van der Waals surface area contributed by atoms with E-state index in [0.29, 0.717) is 12.5 Å². The molecule has 0 aromatic rings. The van der Waals surface area contributed by atoms with Crippen molar-refractivity contribution in [3.05, 3.63) is 12.2 Å². The van der Waals surface area contributed by atoms with Gasteiger partial charge in [-0.25, -0.2) is 4.79 Å². The molecule has 0 aliphatic carbocycles. The molecule has 0 bridgehead atoms. The summed E-state index contributed by atoms with van der Waals surface area (Å²) < 4.78 is 5.24. The van der Waals surface area contributed by atoms with Gasteiger partial charge in [-0.1, -0.05) is 6.08 Å². The number of hydrogen-bond acceptors (Lipinski definition) is 3. The number of rotatable bonds is 5. The van der Waals surface area contributed by atoms with Gasteiger partial charge in [-0.15, -0.1) is 0 Å². The van der Waals surface area contributed by atoms with Gasteiger partial charge in [0.2, 0.25) is 0 Å². The molecule has 80 valence electrons. The fraction of sp³-hybridized carbons (Fsp3) is 0.700. The van der Waals surface area contributed by atoms with E-state index >= 15 is 0 Å². The van der Waals surface area contributed by atoms with E-state index in [1.54, 1.807) is 6.08 Å². The van der Waals surface area contributed by atoms with Crippen LogP contribution in [-0.2, 0) is 9.53 Å². The first-order chi connectivity index (χ1) is 6.79. The summed E-state index contributed by atoms with van der Waals surface area (Å²) in [7, 11) is 0. The number of carboxylic acids is 1. The molecule has 14 heavy (non-hydrogen) atoms. The van der Waals surface area contributed by atoms with Crippen LogP contribution in [-0.4, -0.2) is 37.4 Å². The summed E-state index contributed by atoms with van der Waals surface area (Å²) in [6.45, 7) is 3.30. The van der Waals surface area contributed by atoms with Gasteiger partial charge >= 0.3 is 5.97 Å². The maximum absolute atomic E-state index is 10.1. The number of ether oxygens (including phenoxy) is 1. The van der Waals surface area contributed by atoms with Gasteiger partial charge in [0.25, 0.3) is 0 Å². The SMILES string of the molecule is O=C(O)/C=C/CNCC1CCOCC1. The Labute approximate surface area is 83.9 Å². The summed E-state index contributed by atoms with van der Waals surface area (Å²) in [6.07, 6.45) is 5.00. The Hall–Kier alpha value is -0.870. The van der Waals surface area contributed by atoms with Crippen LogP contribution in [0.1, 0.15) is 12.8 Å². The molecule has 2 N–H and O–H groups in total. The van der Waals surface area contributed by atoms with Crippen molar-refractivity contribution in [3.63, 3.8) is 0 Å². The molecule has 1 aliphatic rings. The first-order valence-electron chi connectivity index (χ1n) is 4.97. The number of aliphatic carboxylic acids is 1. The molecule has 0 radical (unpaired) electrons. The summed E-state index contributed by atoms with van der Waals surface area (Å²) >= 11 is 0. The minimum atomic E-state index is -0.891. The highest BCUT2D eigenvalue weighted by Crippen LogP contribution is 2.12. The van der Waals surface area contributed by atoms with Crippen molar-refractivity contribution in [3.8, 4) is 0 Å². The second-order valence-electron chi connectivity index (χ2n) is 3.45. The van der Waals surface area contributed by atoms with Crippen molar-refractivity contribution >= 4 is 5.97 Å². The molecule has 0 atom stereocenters. The van der Waals surface area contributed by atoms with Gasteiger partial charge in [0, 0.05) is 25.8 Å². The van der Waals surface area contributed by atoms with Crippen LogP contribution in [0.4, 0.5) is 0 Å². The van der Waals surface area contributed by atoms with E-state index in [4.69, 9.17) is 9.84 Å². The average molecular weight is 199 g/mol. The maximum atomic E-state index is 10.1. The lowest BCUT2D eigenvalue weighted by molar-refractivity contribution is -0.131.